The van der Waals surface area contributed by atoms with Crippen molar-refractivity contribution >= 4 is 27.1 Å². The molecule has 4 rings (SSSR count). The number of halogens is 3. The summed E-state index contributed by atoms with van der Waals surface area (Å²) in [4.78, 5) is 17.6. The highest BCUT2D eigenvalue weighted by molar-refractivity contribution is 7.89. The standard InChI is InChI=1S/C22H13F3N2O3S2/c23-15-5-1-12(2-6-15)19-21(13-3-7-18(8-4-13)32(26,29)30)31-22(27-19)20(28)14-9-16(24)11-17(25)10-14/h1-11H,(H2,26,29,30). The Labute approximate surface area is 185 Å². The second-order valence-corrected chi connectivity index (χ2v) is 9.32. The number of carbonyl (C=O) groups is 1. The molecule has 0 fully saturated rings. The Bertz CT molecular complexity index is 1410. The number of benzene rings is 3. The number of aromatic nitrogens is 1. The van der Waals surface area contributed by atoms with Gasteiger partial charge in [0.15, 0.2) is 5.01 Å². The minimum atomic E-state index is -3.90. The summed E-state index contributed by atoms with van der Waals surface area (Å²) in [6, 6.07) is 13.5. The largest absolute Gasteiger partial charge is 0.286 e. The summed E-state index contributed by atoms with van der Waals surface area (Å²) in [6.45, 7) is 0. The molecule has 0 amide bonds. The molecule has 5 nitrogen and oxygen atoms in total. The molecular formula is C22H13F3N2O3S2. The lowest BCUT2D eigenvalue weighted by atomic mass is 10.1. The SMILES string of the molecule is NS(=O)(=O)c1ccc(-c2sc(C(=O)c3cc(F)cc(F)c3)nc2-c2ccc(F)cc2)cc1. The molecule has 1 aromatic heterocycles. The number of carbonyl (C=O) groups excluding carboxylic acids is 1. The van der Waals surface area contributed by atoms with Crippen LogP contribution in [0.25, 0.3) is 21.7 Å². The van der Waals surface area contributed by atoms with Crippen molar-refractivity contribution in [2.45, 2.75) is 4.90 Å². The van der Waals surface area contributed by atoms with E-state index in [1.165, 1.54) is 48.5 Å². The highest BCUT2D eigenvalue weighted by atomic mass is 32.2. The van der Waals surface area contributed by atoms with Gasteiger partial charge in [0.2, 0.25) is 15.8 Å². The van der Waals surface area contributed by atoms with Crippen molar-refractivity contribution in [1.29, 1.82) is 0 Å². The van der Waals surface area contributed by atoms with E-state index in [-0.39, 0.29) is 15.5 Å². The molecular weight excluding hydrogens is 461 g/mol. The van der Waals surface area contributed by atoms with Crippen molar-refractivity contribution in [3.05, 3.63) is 94.8 Å². The van der Waals surface area contributed by atoms with Gasteiger partial charge in [-0.1, -0.05) is 12.1 Å². The molecule has 3 aromatic carbocycles. The van der Waals surface area contributed by atoms with Crippen LogP contribution in [0.5, 0.6) is 0 Å². The zero-order valence-corrected chi connectivity index (χ0v) is 17.7. The average Bonchev–Trinajstić information content (AvgIpc) is 3.18. The lowest BCUT2D eigenvalue weighted by Crippen LogP contribution is -2.11. The first-order valence-electron chi connectivity index (χ1n) is 9.02. The van der Waals surface area contributed by atoms with Gasteiger partial charge >= 0.3 is 0 Å². The first-order chi connectivity index (χ1) is 15.1. The molecule has 0 atom stereocenters. The summed E-state index contributed by atoms with van der Waals surface area (Å²) in [6.07, 6.45) is 0. The molecule has 0 aliphatic heterocycles. The normalized spacial score (nSPS) is 11.5. The number of nitrogens with zero attached hydrogens (tertiary/aromatic N) is 1. The van der Waals surface area contributed by atoms with E-state index in [0.29, 0.717) is 27.8 Å². The van der Waals surface area contributed by atoms with Crippen LogP contribution in [0.1, 0.15) is 15.4 Å². The molecule has 2 N–H and O–H groups in total. The molecule has 0 bridgehead atoms. The van der Waals surface area contributed by atoms with Crippen molar-refractivity contribution in [1.82, 2.24) is 4.98 Å². The van der Waals surface area contributed by atoms with E-state index in [4.69, 9.17) is 5.14 Å². The first kappa shape index (κ1) is 21.9. The van der Waals surface area contributed by atoms with Crippen molar-refractivity contribution in [3.8, 4) is 21.7 Å². The van der Waals surface area contributed by atoms with Crippen molar-refractivity contribution in [2.24, 2.45) is 5.14 Å². The van der Waals surface area contributed by atoms with Crippen LogP contribution in [0.15, 0.2) is 71.6 Å². The smallest absolute Gasteiger partial charge is 0.238 e. The van der Waals surface area contributed by atoms with Crippen LogP contribution in [-0.4, -0.2) is 19.2 Å². The van der Waals surface area contributed by atoms with Gasteiger partial charge in [0.1, 0.15) is 17.5 Å². The van der Waals surface area contributed by atoms with Gasteiger partial charge in [0.25, 0.3) is 0 Å². The minimum absolute atomic E-state index is 0.0418. The Hall–Kier alpha value is -3.34. The highest BCUT2D eigenvalue weighted by Gasteiger charge is 2.22. The van der Waals surface area contributed by atoms with Crippen LogP contribution >= 0.6 is 11.3 Å². The maximum Gasteiger partial charge on any atom is 0.238 e. The predicted octanol–water partition coefficient (Wildman–Crippen LogP) is 4.77. The zero-order valence-electron chi connectivity index (χ0n) is 16.1. The molecule has 1 heterocycles. The van der Waals surface area contributed by atoms with Gasteiger partial charge in [-0.15, -0.1) is 11.3 Å². The number of thiazole rings is 1. The van der Waals surface area contributed by atoms with Gasteiger partial charge < -0.3 is 0 Å². The first-order valence-corrected chi connectivity index (χ1v) is 11.4. The van der Waals surface area contributed by atoms with Crippen molar-refractivity contribution in [2.75, 3.05) is 0 Å². The van der Waals surface area contributed by atoms with E-state index in [9.17, 15) is 26.4 Å². The maximum absolute atomic E-state index is 13.6. The third kappa shape index (κ3) is 4.47. The molecule has 0 aliphatic rings. The topological polar surface area (TPSA) is 90.1 Å². The quantitative estimate of drug-likeness (QED) is 0.422. The Balaban J connectivity index is 1.85. The Kier molecular flexibility index (Phi) is 5.68. The van der Waals surface area contributed by atoms with Crippen LogP contribution in [0.3, 0.4) is 0 Å². The molecule has 32 heavy (non-hydrogen) atoms. The van der Waals surface area contributed by atoms with E-state index in [0.717, 1.165) is 23.5 Å². The van der Waals surface area contributed by atoms with Crippen molar-refractivity contribution < 1.29 is 26.4 Å². The van der Waals surface area contributed by atoms with Crippen LogP contribution in [0.2, 0.25) is 0 Å². The second kappa shape index (κ2) is 8.30. The number of nitrogens with two attached hydrogens (primary N) is 1. The van der Waals surface area contributed by atoms with Crippen molar-refractivity contribution in [3.63, 3.8) is 0 Å². The summed E-state index contributed by atoms with van der Waals surface area (Å²) in [5, 5.41) is 5.09. The van der Waals surface area contributed by atoms with E-state index in [1.54, 1.807) is 0 Å². The minimum Gasteiger partial charge on any atom is -0.286 e. The number of rotatable bonds is 5. The van der Waals surface area contributed by atoms with Crippen LogP contribution in [0.4, 0.5) is 13.2 Å². The van der Waals surface area contributed by atoms with Gasteiger partial charge in [-0.2, -0.15) is 0 Å². The number of hydrogen-bond acceptors (Lipinski definition) is 5. The van der Waals surface area contributed by atoms with Crippen LogP contribution < -0.4 is 5.14 Å². The third-order valence-electron chi connectivity index (χ3n) is 4.51. The molecule has 0 spiro atoms. The molecule has 0 radical (unpaired) electrons. The summed E-state index contributed by atoms with van der Waals surface area (Å²) in [5.41, 5.74) is 1.15. The molecule has 0 aliphatic carbocycles. The molecule has 0 unspecified atom stereocenters. The Morgan fingerprint density at radius 3 is 1.94 bits per heavy atom. The van der Waals surface area contributed by atoms with E-state index in [1.807, 2.05) is 0 Å². The number of hydrogen-bond donors (Lipinski definition) is 1. The van der Waals surface area contributed by atoms with Gasteiger partial charge in [0.05, 0.1) is 15.5 Å². The van der Waals surface area contributed by atoms with Gasteiger partial charge in [-0.25, -0.2) is 31.7 Å². The fourth-order valence-corrected chi connectivity index (χ4v) is 4.59. The molecule has 0 saturated heterocycles. The summed E-state index contributed by atoms with van der Waals surface area (Å²) < 4.78 is 63.6. The fraction of sp³-hybridized carbons (Fsp3) is 0. The second-order valence-electron chi connectivity index (χ2n) is 6.76. The Morgan fingerprint density at radius 1 is 0.812 bits per heavy atom. The third-order valence-corrected chi connectivity index (χ3v) is 6.54. The van der Waals surface area contributed by atoms with Gasteiger partial charge in [-0.05, 0) is 54.1 Å². The average molecular weight is 474 g/mol. The summed E-state index contributed by atoms with van der Waals surface area (Å²) in [5.74, 6) is -2.95. The lowest BCUT2D eigenvalue weighted by molar-refractivity contribution is 0.103. The predicted molar refractivity (Wildman–Crippen MR) is 114 cm³/mol. The Morgan fingerprint density at radius 2 is 1.38 bits per heavy atom. The highest BCUT2D eigenvalue weighted by Crippen LogP contribution is 2.38. The number of primary sulfonamides is 1. The summed E-state index contributed by atoms with van der Waals surface area (Å²) in [7, 11) is -3.90. The van der Waals surface area contributed by atoms with Gasteiger partial charge in [-0.3, -0.25) is 4.79 Å². The zero-order chi connectivity index (χ0) is 23.0. The summed E-state index contributed by atoms with van der Waals surface area (Å²) >= 11 is 0.960. The van der Waals surface area contributed by atoms with Crippen LogP contribution in [-0.2, 0) is 10.0 Å². The van der Waals surface area contributed by atoms with Crippen LogP contribution in [0, 0.1) is 17.5 Å². The van der Waals surface area contributed by atoms with E-state index >= 15 is 0 Å². The molecule has 10 heteroatoms. The monoisotopic (exact) mass is 474 g/mol. The lowest BCUT2D eigenvalue weighted by Gasteiger charge is -2.04. The van der Waals surface area contributed by atoms with E-state index < -0.39 is 33.3 Å². The fourth-order valence-electron chi connectivity index (χ4n) is 3.02. The molecule has 0 saturated carbocycles. The number of sulfonamides is 1. The maximum atomic E-state index is 13.6. The van der Waals surface area contributed by atoms with E-state index in [2.05, 4.69) is 4.98 Å². The molecule has 4 aromatic rings. The molecule has 162 valence electrons. The van der Waals surface area contributed by atoms with Gasteiger partial charge in [0, 0.05) is 17.2 Å². The number of ketones is 1.